The van der Waals surface area contributed by atoms with Gasteiger partial charge in [-0.2, -0.15) is 28.2 Å². The third kappa shape index (κ3) is 7.31. The molecule has 0 amide bonds. The molecule has 2 N–H and O–H groups in total. The van der Waals surface area contributed by atoms with Gasteiger partial charge in [0, 0.05) is 56.1 Å². The first-order chi connectivity index (χ1) is 22.4. The zero-order chi connectivity index (χ0) is 33.3. The van der Waals surface area contributed by atoms with Crippen molar-refractivity contribution < 1.29 is 27.2 Å². The lowest BCUT2D eigenvalue weighted by Gasteiger charge is -2.30. The molecule has 6 rings (SSSR count). The standard InChI is InChI=1S/C29H29BF3N10O3P/c1-42-15-17(13-37-42)18-12-22(27(46-16-29(31,32)33)41-26(18)43-8-10-45-11-9-43)39-28-36-14-19(30)25(40-28)38-21-5-4-20-23(35-7-6-34-20)24(21)47(2,3)44/h4-7,12-15H,8-11,16H2,1-3H3,(H2,36,38,39,40). The first-order valence-corrected chi connectivity index (χ1v) is 17.0. The second-order valence-electron chi connectivity index (χ2n) is 11.1. The highest BCUT2D eigenvalue weighted by Gasteiger charge is 2.31. The highest BCUT2D eigenvalue weighted by Crippen LogP contribution is 2.41. The largest absolute Gasteiger partial charge is 0.466 e. The summed E-state index contributed by atoms with van der Waals surface area (Å²) in [5, 5.41) is 10.8. The molecular weight excluding hydrogens is 635 g/mol. The van der Waals surface area contributed by atoms with Crippen LogP contribution < -0.4 is 31.0 Å². The fraction of sp³-hybridized carbons (Fsp3) is 0.310. The number of nitrogens with one attached hydrogen (secondary N) is 2. The van der Waals surface area contributed by atoms with Gasteiger partial charge in [0.1, 0.15) is 37.8 Å². The number of ether oxygens (including phenoxy) is 2. The highest BCUT2D eigenvalue weighted by atomic mass is 31.2. The van der Waals surface area contributed by atoms with Gasteiger partial charge in [-0.25, -0.2) is 4.98 Å². The van der Waals surface area contributed by atoms with Gasteiger partial charge in [0.25, 0.3) is 0 Å². The van der Waals surface area contributed by atoms with Gasteiger partial charge in [0.2, 0.25) is 11.8 Å². The topological polar surface area (TPSA) is 145 Å². The Balaban J connectivity index is 1.41. The van der Waals surface area contributed by atoms with Gasteiger partial charge in [-0.05, 0) is 37.0 Å². The van der Waals surface area contributed by atoms with Crippen molar-refractivity contribution in [1.29, 1.82) is 0 Å². The lowest BCUT2D eigenvalue weighted by atomic mass is 9.99. The molecule has 13 nitrogen and oxygen atoms in total. The Hall–Kier alpha value is -4.76. The number of pyridine rings is 1. The van der Waals surface area contributed by atoms with Crippen molar-refractivity contribution in [3.05, 3.63) is 49.2 Å². The van der Waals surface area contributed by atoms with E-state index in [-0.39, 0.29) is 28.8 Å². The number of anilines is 5. The van der Waals surface area contributed by atoms with Crippen molar-refractivity contribution in [2.75, 3.05) is 61.8 Å². The number of aryl methyl sites for hydroxylation is 1. The van der Waals surface area contributed by atoms with E-state index in [0.717, 1.165) is 0 Å². The maximum absolute atomic E-state index is 13.4. The second-order valence-corrected chi connectivity index (χ2v) is 14.3. The van der Waals surface area contributed by atoms with E-state index in [0.29, 0.717) is 65.3 Å². The predicted molar refractivity (Wildman–Crippen MR) is 174 cm³/mol. The van der Waals surface area contributed by atoms with Crippen LogP contribution in [-0.2, 0) is 16.3 Å². The Morgan fingerprint density at radius 2 is 1.81 bits per heavy atom. The van der Waals surface area contributed by atoms with Gasteiger partial charge in [0.15, 0.2) is 6.61 Å². The monoisotopic (exact) mass is 664 g/mol. The van der Waals surface area contributed by atoms with E-state index >= 15 is 0 Å². The van der Waals surface area contributed by atoms with Crippen LogP contribution in [0.15, 0.2) is 49.2 Å². The van der Waals surface area contributed by atoms with Crippen molar-refractivity contribution in [1.82, 2.24) is 34.7 Å². The number of rotatable bonds is 9. The molecule has 4 aromatic heterocycles. The van der Waals surface area contributed by atoms with Crippen molar-refractivity contribution in [2.45, 2.75) is 6.18 Å². The van der Waals surface area contributed by atoms with Gasteiger partial charge >= 0.3 is 6.18 Å². The number of morpholine rings is 1. The number of benzene rings is 1. The lowest BCUT2D eigenvalue weighted by molar-refractivity contribution is -0.153. The summed E-state index contributed by atoms with van der Waals surface area (Å²) in [6.07, 6.45) is 3.19. The number of aromatic nitrogens is 7. The molecule has 0 bridgehead atoms. The summed E-state index contributed by atoms with van der Waals surface area (Å²) in [6.45, 7) is 3.49. The molecule has 1 saturated heterocycles. The molecule has 47 heavy (non-hydrogen) atoms. The van der Waals surface area contributed by atoms with Crippen LogP contribution in [0, 0.1) is 0 Å². The normalized spacial score (nSPS) is 14.0. The van der Waals surface area contributed by atoms with E-state index in [9.17, 15) is 17.7 Å². The number of fused-ring (bicyclic) bond motifs is 1. The molecule has 0 aliphatic carbocycles. The summed E-state index contributed by atoms with van der Waals surface area (Å²) < 4.78 is 65.7. The maximum Gasteiger partial charge on any atom is 0.422 e. The van der Waals surface area contributed by atoms with Crippen molar-refractivity contribution >= 4 is 65.7 Å². The van der Waals surface area contributed by atoms with Crippen molar-refractivity contribution in [2.24, 2.45) is 7.05 Å². The van der Waals surface area contributed by atoms with Crippen LogP contribution in [0.3, 0.4) is 0 Å². The molecule has 242 valence electrons. The first-order valence-electron chi connectivity index (χ1n) is 14.4. The average molecular weight is 664 g/mol. The van der Waals surface area contributed by atoms with E-state index in [1.165, 1.54) is 12.4 Å². The Bertz CT molecular complexity index is 1980. The van der Waals surface area contributed by atoms with Crippen LogP contribution in [-0.4, -0.2) is 95.0 Å². The quantitative estimate of drug-likeness (QED) is 0.176. The van der Waals surface area contributed by atoms with Crippen molar-refractivity contribution in [3.8, 4) is 17.0 Å². The first kappa shape index (κ1) is 32.2. The minimum absolute atomic E-state index is 0.0186. The molecule has 0 spiro atoms. The minimum atomic E-state index is -4.62. The predicted octanol–water partition coefficient (Wildman–Crippen LogP) is 3.52. The molecule has 18 heteroatoms. The molecule has 0 atom stereocenters. The number of hydrogen-bond donors (Lipinski definition) is 2. The van der Waals surface area contributed by atoms with E-state index in [4.69, 9.17) is 17.3 Å². The van der Waals surface area contributed by atoms with Gasteiger partial charge in [0.05, 0.1) is 35.9 Å². The molecule has 5 aromatic rings. The Labute approximate surface area is 268 Å². The van der Waals surface area contributed by atoms with E-state index in [1.54, 1.807) is 61.8 Å². The van der Waals surface area contributed by atoms with Crippen LogP contribution in [0.2, 0.25) is 0 Å². The number of hydrogen-bond acceptors (Lipinski definition) is 12. The average Bonchev–Trinajstić information content (AvgIpc) is 3.47. The van der Waals surface area contributed by atoms with Gasteiger partial charge < -0.3 is 29.6 Å². The summed E-state index contributed by atoms with van der Waals surface area (Å²) in [6, 6.07) is 5.06. The van der Waals surface area contributed by atoms with E-state index < -0.39 is 19.9 Å². The van der Waals surface area contributed by atoms with Crippen LogP contribution in [0.25, 0.3) is 22.2 Å². The van der Waals surface area contributed by atoms with E-state index in [1.807, 2.05) is 4.90 Å². The fourth-order valence-corrected chi connectivity index (χ4v) is 6.49. The third-order valence-electron chi connectivity index (χ3n) is 7.14. The number of alkyl halides is 3. The SMILES string of the molecule is [B]c1cnc(Nc2cc(-c3cnn(C)c3)c(N3CCOCC3)nc2OCC(F)(F)F)nc1Nc1ccc2nccnc2c1P(C)(C)=O. The summed E-state index contributed by atoms with van der Waals surface area (Å²) in [5.74, 6) is 0.248. The van der Waals surface area contributed by atoms with Gasteiger partial charge in [-0.1, -0.05) is 0 Å². The van der Waals surface area contributed by atoms with Gasteiger partial charge in [-0.3, -0.25) is 14.6 Å². The molecule has 5 heterocycles. The minimum Gasteiger partial charge on any atom is -0.466 e. The Morgan fingerprint density at radius 3 is 2.51 bits per heavy atom. The van der Waals surface area contributed by atoms with E-state index in [2.05, 4.69) is 40.7 Å². The van der Waals surface area contributed by atoms with Crippen LogP contribution in [0.4, 0.5) is 42.1 Å². The maximum atomic E-state index is 13.4. The summed E-state index contributed by atoms with van der Waals surface area (Å²) in [4.78, 5) is 23.9. The molecule has 1 aliphatic rings. The highest BCUT2D eigenvalue weighted by molar-refractivity contribution is 7.71. The third-order valence-corrected chi connectivity index (χ3v) is 8.67. The zero-order valence-corrected chi connectivity index (χ0v) is 26.5. The molecule has 2 radical (unpaired) electrons. The fourth-order valence-electron chi connectivity index (χ4n) is 5.09. The molecule has 0 unspecified atom stereocenters. The Kier molecular flexibility index (Phi) is 8.77. The molecule has 0 saturated carbocycles. The number of halogens is 3. The summed E-state index contributed by atoms with van der Waals surface area (Å²) in [7, 11) is 5.09. The number of nitrogens with zero attached hydrogens (tertiary/aromatic N) is 8. The van der Waals surface area contributed by atoms with Gasteiger partial charge in [-0.15, -0.1) is 0 Å². The van der Waals surface area contributed by atoms with Crippen molar-refractivity contribution in [3.63, 3.8) is 0 Å². The molecular formula is C29H29BF3N10O3P. The second kappa shape index (κ2) is 12.8. The van der Waals surface area contributed by atoms with Crippen LogP contribution >= 0.6 is 7.14 Å². The zero-order valence-electron chi connectivity index (χ0n) is 25.6. The van der Waals surface area contributed by atoms with Crippen LogP contribution in [0.5, 0.6) is 5.88 Å². The molecule has 1 aromatic carbocycles. The Morgan fingerprint density at radius 1 is 1.04 bits per heavy atom. The van der Waals surface area contributed by atoms with Crippen LogP contribution in [0.1, 0.15) is 0 Å². The smallest absolute Gasteiger partial charge is 0.422 e. The molecule has 1 aliphatic heterocycles. The lowest BCUT2D eigenvalue weighted by Crippen LogP contribution is -2.37. The summed E-state index contributed by atoms with van der Waals surface area (Å²) >= 11 is 0. The summed E-state index contributed by atoms with van der Waals surface area (Å²) in [5.41, 5.74) is 3.01. The molecule has 1 fully saturated rings.